The van der Waals surface area contributed by atoms with Gasteiger partial charge in [-0.25, -0.2) is 0 Å². The van der Waals surface area contributed by atoms with Crippen molar-refractivity contribution in [3.8, 4) is 0 Å². The van der Waals surface area contributed by atoms with Gasteiger partial charge in [0.2, 0.25) is 0 Å². The SMILES string of the molecule is O=C(OC1C2CC3CC(C2)CC1C3)C1CCCC1. The van der Waals surface area contributed by atoms with Gasteiger partial charge in [0.05, 0.1) is 5.92 Å². The molecule has 100 valence electrons. The topological polar surface area (TPSA) is 26.3 Å². The fourth-order valence-corrected chi connectivity index (χ4v) is 5.46. The van der Waals surface area contributed by atoms with E-state index >= 15 is 0 Å². The lowest BCUT2D eigenvalue weighted by Gasteiger charge is -2.53. The zero-order chi connectivity index (χ0) is 12.1. The minimum Gasteiger partial charge on any atom is -0.462 e. The number of hydrogen-bond acceptors (Lipinski definition) is 2. The van der Waals surface area contributed by atoms with Crippen molar-refractivity contribution >= 4 is 5.97 Å². The molecule has 0 aromatic carbocycles. The zero-order valence-corrected chi connectivity index (χ0v) is 11.1. The van der Waals surface area contributed by atoms with Crippen LogP contribution in [0.1, 0.15) is 57.8 Å². The van der Waals surface area contributed by atoms with Gasteiger partial charge in [-0.3, -0.25) is 4.79 Å². The monoisotopic (exact) mass is 248 g/mol. The van der Waals surface area contributed by atoms with E-state index in [2.05, 4.69) is 0 Å². The Morgan fingerprint density at radius 2 is 1.39 bits per heavy atom. The third-order valence-corrected chi connectivity index (χ3v) is 6.08. The van der Waals surface area contributed by atoms with Gasteiger partial charge in [0.1, 0.15) is 6.10 Å². The van der Waals surface area contributed by atoms with Gasteiger partial charge < -0.3 is 4.74 Å². The molecular weight excluding hydrogens is 224 g/mol. The number of rotatable bonds is 2. The maximum Gasteiger partial charge on any atom is 0.309 e. The Hall–Kier alpha value is -0.530. The highest BCUT2D eigenvalue weighted by Crippen LogP contribution is 2.54. The fraction of sp³-hybridized carbons (Fsp3) is 0.938. The van der Waals surface area contributed by atoms with Gasteiger partial charge in [0.15, 0.2) is 0 Å². The summed E-state index contributed by atoms with van der Waals surface area (Å²) in [6.07, 6.45) is 11.7. The number of esters is 1. The number of ether oxygens (including phenoxy) is 1. The quantitative estimate of drug-likeness (QED) is 0.699. The van der Waals surface area contributed by atoms with Crippen molar-refractivity contribution in [2.75, 3.05) is 0 Å². The maximum atomic E-state index is 12.2. The van der Waals surface area contributed by atoms with E-state index < -0.39 is 0 Å². The second-order valence-electron chi connectivity index (χ2n) is 7.31. The molecule has 0 atom stereocenters. The molecule has 5 saturated carbocycles. The molecule has 0 N–H and O–H groups in total. The lowest BCUT2D eigenvalue weighted by molar-refractivity contribution is -0.175. The van der Waals surface area contributed by atoms with Gasteiger partial charge in [-0.15, -0.1) is 0 Å². The average Bonchev–Trinajstić information content (AvgIpc) is 2.86. The highest BCUT2D eigenvalue weighted by atomic mass is 16.5. The first-order valence-corrected chi connectivity index (χ1v) is 8.00. The highest BCUT2D eigenvalue weighted by Gasteiger charge is 2.50. The first kappa shape index (κ1) is 11.3. The number of carbonyl (C=O) groups excluding carboxylic acids is 1. The highest BCUT2D eigenvalue weighted by molar-refractivity contribution is 5.73. The second-order valence-corrected chi connectivity index (χ2v) is 7.31. The van der Waals surface area contributed by atoms with E-state index in [9.17, 15) is 4.79 Å². The lowest BCUT2D eigenvalue weighted by atomic mass is 9.55. The smallest absolute Gasteiger partial charge is 0.309 e. The van der Waals surface area contributed by atoms with Crippen molar-refractivity contribution < 1.29 is 9.53 Å². The third kappa shape index (κ3) is 1.80. The minimum atomic E-state index is 0.143. The van der Waals surface area contributed by atoms with Crippen LogP contribution in [0.5, 0.6) is 0 Å². The molecule has 0 amide bonds. The van der Waals surface area contributed by atoms with Crippen molar-refractivity contribution in [1.29, 1.82) is 0 Å². The average molecular weight is 248 g/mol. The first-order chi connectivity index (χ1) is 8.79. The third-order valence-electron chi connectivity index (χ3n) is 6.08. The molecular formula is C16H24O2. The molecule has 0 heterocycles. The Morgan fingerprint density at radius 3 is 1.94 bits per heavy atom. The molecule has 5 rings (SSSR count). The fourth-order valence-electron chi connectivity index (χ4n) is 5.46. The Bertz CT molecular complexity index is 315. The van der Waals surface area contributed by atoms with Crippen LogP contribution in [0.3, 0.4) is 0 Å². The van der Waals surface area contributed by atoms with E-state index in [1.165, 1.54) is 44.9 Å². The van der Waals surface area contributed by atoms with Crippen LogP contribution in [0.15, 0.2) is 0 Å². The van der Waals surface area contributed by atoms with E-state index in [0.717, 1.165) is 24.7 Å². The molecule has 5 aliphatic rings. The molecule has 2 nitrogen and oxygen atoms in total. The van der Waals surface area contributed by atoms with Crippen LogP contribution in [0.2, 0.25) is 0 Å². The number of hydrogen-bond donors (Lipinski definition) is 0. The molecule has 5 aliphatic carbocycles. The van der Waals surface area contributed by atoms with Crippen LogP contribution >= 0.6 is 0 Å². The second kappa shape index (κ2) is 4.25. The lowest BCUT2D eigenvalue weighted by Crippen LogP contribution is -2.50. The Balaban J connectivity index is 1.44. The van der Waals surface area contributed by atoms with Crippen LogP contribution in [-0.2, 0) is 9.53 Å². The summed E-state index contributed by atoms with van der Waals surface area (Å²) in [4.78, 5) is 12.2. The summed E-state index contributed by atoms with van der Waals surface area (Å²) in [5.41, 5.74) is 0. The van der Waals surface area contributed by atoms with Gasteiger partial charge in [-0.1, -0.05) is 12.8 Å². The summed E-state index contributed by atoms with van der Waals surface area (Å²) in [5.74, 6) is 3.74. The van der Waals surface area contributed by atoms with Crippen molar-refractivity contribution in [3.63, 3.8) is 0 Å². The Kier molecular flexibility index (Phi) is 2.67. The molecule has 0 aromatic rings. The summed E-state index contributed by atoms with van der Waals surface area (Å²) in [6, 6.07) is 0. The van der Waals surface area contributed by atoms with Gasteiger partial charge in [-0.2, -0.15) is 0 Å². The van der Waals surface area contributed by atoms with Gasteiger partial charge in [0.25, 0.3) is 0 Å². The van der Waals surface area contributed by atoms with Gasteiger partial charge in [0, 0.05) is 0 Å². The summed E-state index contributed by atoms with van der Waals surface area (Å²) in [5, 5.41) is 0. The van der Waals surface area contributed by atoms with E-state index in [1.807, 2.05) is 0 Å². The van der Waals surface area contributed by atoms with E-state index in [-0.39, 0.29) is 11.9 Å². The molecule has 0 unspecified atom stereocenters. The zero-order valence-electron chi connectivity index (χ0n) is 11.1. The predicted molar refractivity (Wildman–Crippen MR) is 68.9 cm³/mol. The van der Waals surface area contributed by atoms with Crippen molar-refractivity contribution in [1.82, 2.24) is 0 Å². The molecule has 0 saturated heterocycles. The van der Waals surface area contributed by atoms with E-state index in [1.54, 1.807) is 0 Å². The van der Waals surface area contributed by atoms with Crippen LogP contribution in [0.4, 0.5) is 0 Å². The molecule has 0 aliphatic heterocycles. The molecule has 0 aromatic heterocycles. The van der Waals surface area contributed by atoms with Crippen molar-refractivity contribution in [3.05, 3.63) is 0 Å². The molecule has 2 heteroatoms. The van der Waals surface area contributed by atoms with Crippen LogP contribution in [0, 0.1) is 29.6 Å². The normalized spacial score (nSPS) is 46.6. The Labute approximate surface area is 109 Å². The first-order valence-electron chi connectivity index (χ1n) is 8.00. The summed E-state index contributed by atoms with van der Waals surface area (Å²) in [6.45, 7) is 0. The van der Waals surface area contributed by atoms with Gasteiger partial charge >= 0.3 is 5.97 Å². The summed E-state index contributed by atoms with van der Waals surface area (Å²) >= 11 is 0. The van der Waals surface area contributed by atoms with Crippen LogP contribution < -0.4 is 0 Å². The van der Waals surface area contributed by atoms with Crippen LogP contribution in [-0.4, -0.2) is 12.1 Å². The molecule has 18 heavy (non-hydrogen) atoms. The Morgan fingerprint density at radius 1 is 0.833 bits per heavy atom. The van der Waals surface area contributed by atoms with E-state index in [4.69, 9.17) is 4.74 Å². The largest absolute Gasteiger partial charge is 0.462 e. The maximum absolute atomic E-state index is 12.2. The van der Waals surface area contributed by atoms with Crippen molar-refractivity contribution in [2.45, 2.75) is 63.9 Å². The summed E-state index contributed by atoms with van der Waals surface area (Å²) in [7, 11) is 0. The predicted octanol–water partition coefficient (Wildman–Crippen LogP) is 3.54. The van der Waals surface area contributed by atoms with Crippen LogP contribution in [0.25, 0.3) is 0 Å². The molecule has 0 spiro atoms. The van der Waals surface area contributed by atoms with Gasteiger partial charge in [-0.05, 0) is 68.6 Å². The molecule has 0 radical (unpaired) electrons. The summed E-state index contributed by atoms with van der Waals surface area (Å²) < 4.78 is 5.97. The number of carbonyl (C=O) groups is 1. The standard InChI is InChI=1S/C16H24O2/c17-16(12-3-1-2-4-12)18-15-13-6-10-5-11(8-13)9-14(15)7-10/h10-15H,1-9H2. The molecule has 5 fully saturated rings. The molecule has 4 bridgehead atoms. The minimum absolute atomic E-state index is 0.143. The van der Waals surface area contributed by atoms with E-state index in [0.29, 0.717) is 17.9 Å². The van der Waals surface area contributed by atoms with Crippen molar-refractivity contribution in [2.24, 2.45) is 29.6 Å².